The van der Waals surface area contributed by atoms with E-state index in [1.165, 1.54) is 0 Å². The number of hydrogen-bond acceptors (Lipinski definition) is 5. The van der Waals surface area contributed by atoms with Gasteiger partial charge >= 0.3 is 0 Å². The van der Waals surface area contributed by atoms with Crippen molar-refractivity contribution >= 4 is 62.1 Å². The first-order chi connectivity index (χ1) is 20.8. The highest BCUT2D eigenvalue weighted by atomic mass is 16.5. The number of rotatable bonds is 2. The smallest absolute Gasteiger partial charge is 0.256 e. The molecule has 0 fully saturated rings. The molecule has 0 amide bonds. The maximum Gasteiger partial charge on any atom is 0.256 e. The second kappa shape index (κ2) is 8.57. The maximum absolute atomic E-state index is 10.2. The molecular formula is C35H20BN5O. The van der Waals surface area contributed by atoms with E-state index < -0.39 is 0 Å². The van der Waals surface area contributed by atoms with Crippen LogP contribution in [-0.4, -0.2) is 21.2 Å². The number of para-hydroxylation sites is 4. The Morgan fingerprint density at radius 3 is 2.07 bits per heavy atom. The minimum atomic E-state index is 0.0164. The summed E-state index contributed by atoms with van der Waals surface area (Å²) in [7, 11) is 0. The van der Waals surface area contributed by atoms with E-state index in [0.29, 0.717) is 17.5 Å². The van der Waals surface area contributed by atoms with Gasteiger partial charge in [0.15, 0.2) is 0 Å². The van der Waals surface area contributed by atoms with Crippen LogP contribution in [0.1, 0.15) is 5.69 Å². The number of fused-ring (bicyclic) bond motifs is 7. The van der Waals surface area contributed by atoms with E-state index in [9.17, 15) is 5.26 Å². The predicted octanol–water partition coefficient (Wildman–Crippen LogP) is 5.85. The van der Waals surface area contributed by atoms with Crippen molar-refractivity contribution in [3.05, 3.63) is 127 Å². The zero-order valence-electron chi connectivity index (χ0n) is 22.3. The molecule has 0 atom stereocenters. The molecule has 7 aromatic rings. The number of nitriles is 1. The molecule has 9 rings (SSSR count). The van der Waals surface area contributed by atoms with Crippen LogP contribution in [0.5, 0.6) is 11.5 Å². The minimum Gasteiger partial charge on any atom is -0.458 e. The zero-order valence-corrected chi connectivity index (χ0v) is 22.3. The van der Waals surface area contributed by atoms with Crippen molar-refractivity contribution in [2.75, 3.05) is 4.90 Å². The molecule has 0 N–H and O–H groups in total. The van der Waals surface area contributed by atoms with Gasteiger partial charge in [-0.25, -0.2) is 4.98 Å². The lowest BCUT2D eigenvalue weighted by Gasteiger charge is -2.39. The summed E-state index contributed by atoms with van der Waals surface area (Å²) in [5.41, 5.74) is 7.64. The third kappa shape index (κ3) is 3.09. The highest BCUT2D eigenvalue weighted by molar-refractivity contribution is 6.99. The number of hydrogen-bond donors (Lipinski definition) is 0. The van der Waals surface area contributed by atoms with Crippen molar-refractivity contribution in [3.63, 3.8) is 0 Å². The third-order valence-corrected chi connectivity index (χ3v) is 8.34. The van der Waals surface area contributed by atoms with Gasteiger partial charge in [0.25, 0.3) is 6.71 Å². The summed E-state index contributed by atoms with van der Waals surface area (Å²) >= 11 is 0. The van der Waals surface area contributed by atoms with E-state index >= 15 is 0 Å². The molecule has 0 unspecified atom stereocenters. The van der Waals surface area contributed by atoms with Crippen molar-refractivity contribution in [1.29, 1.82) is 5.26 Å². The Bertz CT molecular complexity index is 2230. The van der Waals surface area contributed by atoms with Crippen LogP contribution in [0.2, 0.25) is 0 Å². The molecule has 0 bridgehead atoms. The molecule has 0 aliphatic carbocycles. The molecule has 0 saturated carbocycles. The van der Waals surface area contributed by atoms with Gasteiger partial charge < -0.3 is 4.74 Å². The van der Waals surface area contributed by atoms with Gasteiger partial charge in [0.2, 0.25) is 5.95 Å². The number of aromatic nitrogens is 3. The van der Waals surface area contributed by atoms with Crippen molar-refractivity contribution < 1.29 is 4.74 Å². The Labute approximate surface area is 241 Å². The monoisotopic (exact) mass is 537 g/mol. The fraction of sp³-hybridized carbons (Fsp3) is 0. The number of ether oxygens (including phenoxy) is 1. The summed E-state index contributed by atoms with van der Waals surface area (Å²) in [4.78, 5) is 12.0. The van der Waals surface area contributed by atoms with Crippen LogP contribution in [0, 0.1) is 11.3 Å². The van der Waals surface area contributed by atoms with Gasteiger partial charge in [-0.15, -0.1) is 0 Å². The molecular weight excluding hydrogens is 517 g/mol. The Balaban J connectivity index is 1.33. The topological polar surface area (TPSA) is 67.0 Å². The Morgan fingerprint density at radius 1 is 0.643 bits per heavy atom. The standard InChI is InChI=1S/C35H20BN5O/c37-21-22-20-33(39-35(38-22)41-27-14-5-1-10-23(27)24-11-2-6-15-28(24)41)40-29-16-7-3-12-25(29)36-26-13-4-8-18-31(26)42-32-19-9-17-30(40)34(32)36/h1-20H. The molecule has 42 heavy (non-hydrogen) atoms. The summed E-state index contributed by atoms with van der Waals surface area (Å²) < 4.78 is 8.48. The van der Waals surface area contributed by atoms with Crippen molar-refractivity contribution in [3.8, 4) is 23.5 Å². The quantitative estimate of drug-likeness (QED) is 0.259. The molecule has 2 aliphatic heterocycles. The fourth-order valence-electron chi connectivity index (χ4n) is 6.66. The highest BCUT2D eigenvalue weighted by Crippen LogP contribution is 2.40. The predicted molar refractivity (Wildman–Crippen MR) is 167 cm³/mol. The molecule has 0 saturated heterocycles. The summed E-state index contributed by atoms with van der Waals surface area (Å²) in [5.74, 6) is 2.77. The van der Waals surface area contributed by atoms with E-state index in [-0.39, 0.29) is 6.71 Å². The number of anilines is 3. The SMILES string of the molecule is N#Cc1cc(N2c3ccccc3B3c4ccccc4Oc4cccc2c43)nc(-n2c3ccccc3c3ccccc32)n1. The van der Waals surface area contributed by atoms with Gasteiger partial charge in [0, 0.05) is 28.2 Å². The van der Waals surface area contributed by atoms with Crippen LogP contribution in [0.15, 0.2) is 121 Å². The average Bonchev–Trinajstić information content (AvgIpc) is 3.39. The van der Waals surface area contributed by atoms with Crippen LogP contribution >= 0.6 is 0 Å². The normalized spacial score (nSPS) is 12.8. The lowest BCUT2D eigenvalue weighted by atomic mass is 9.34. The molecule has 6 nitrogen and oxygen atoms in total. The van der Waals surface area contributed by atoms with Gasteiger partial charge in [-0.3, -0.25) is 9.47 Å². The van der Waals surface area contributed by atoms with Crippen molar-refractivity contribution in [1.82, 2.24) is 14.5 Å². The lowest BCUT2D eigenvalue weighted by Crippen LogP contribution is -2.59. The molecule has 0 spiro atoms. The van der Waals surface area contributed by atoms with Crippen LogP contribution in [-0.2, 0) is 0 Å². The Hall–Kier alpha value is -5.87. The molecule has 7 heteroatoms. The Morgan fingerprint density at radius 2 is 1.29 bits per heavy atom. The first kappa shape index (κ1) is 22.9. The number of nitrogens with zero attached hydrogens (tertiary/aromatic N) is 5. The lowest BCUT2D eigenvalue weighted by molar-refractivity contribution is 0.487. The summed E-state index contributed by atoms with van der Waals surface area (Å²) in [6.45, 7) is 0.0164. The van der Waals surface area contributed by atoms with Crippen LogP contribution in [0.25, 0.3) is 27.8 Å². The first-order valence-electron chi connectivity index (χ1n) is 13.9. The number of benzene rings is 5. The second-order valence-corrected chi connectivity index (χ2v) is 10.5. The zero-order chi connectivity index (χ0) is 27.8. The highest BCUT2D eigenvalue weighted by Gasteiger charge is 2.41. The largest absolute Gasteiger partial charge is 0.458 e. The molecule has 0 radical (unpaired) electrons. The van der Waals surface area contributed by atoms with E-state index in [4.69, 9.17) is 14.7 Å². The summed E-state index contributed by atoms with van der Waals surface area (Å²) in [5, 5.41) is 12.4. The maximum atomic E-state index is 10.2. The van der Waals surface area contributed by atoms with E-state index in [0.717, 1.165) is 61.1 Å². The van der Waals surface area contributed by atoms with Crippen LogP contribution in [0.4, 0.5) is 17.2 Å². The molecule has 2 aliphatic rings. The van der Waals surface area contributed by atoms with Crippen molar-refractivity contribution in [2.45, 2.75) is 0 Å². The molecule has 194 valence electrons. The van der Waals surface area contributed by atoms with E-state index in [1.54, 1.807) is 6.07 Å². The average molecular weight is 537 g/mol. The van der Waals surface area contributed by atoms with Gasteiger partial charge in [-0.2, -0.15) is 10.2 Å². The van der Waals surface area contributed by atoms with E-state index in [2.05, 4.69) is 71.6 Å². The molecule has 2 aromatic heterocycles. The Kier molecular flexibility index (Phi) is 4.67. The molecule has 5 aromatic carbocycles. The van der Waals surface area contributed by atoms with E-state index in [1.807, 2.05) is 59.2 Å². The minimum absolute atomic E-state index is 0.0164. The summed E-state index contributed by atoms with van der Waals surface area (Å²) in [6.07, 6.45) is 0. The van der Waals surface area contributed by atoms with Gasteiger partial charge in [0.05, 0.1) is 11.0 Å². The third-order valence-electron chi connectivity index (χ3n) is 8.34. The first-order valence-corrected chi connectivity index (χ1v) is 13.9. The fourth-order valence-corrected chi connectivity index (χ4v) is 6.66. The van der Waals surface area contributed by atoms with Gasteiger partial charge in [-0.05, 0) is 52.8 Å². The summed E-state index contributed by atoms with van der Waals surface area (Å²) in [6, 6.07) is 43.3. The molecule has 4 heterocycles. The van der Waals surface area contributed by atoms with Gasteiger partial charge in [-0.1, -0.05) is 78.9 Å². The van der Waals surface area contributed by atoms with Crippen molar-refractivity contribution in [2.24, 2.45) is 0 Å². The second-order valence-electron chi connectivity index (χ2n) is 10.5. The van der Waals surface area contributed by atoms with Crippen LogP contribution < -0.4 is 26.0 Å². The van der Waals surface area contributed by atoms with Crippen LogP contribution in [0.3, 0.4) is 0 Å². The van der Waals surface area contributed by atoms with Gasteiger partial charge in [0.1, 0.15) is 29.1 Å².